The number of hydrogen-bond donors (Lipinski definition) is 0. The van der Waals surface area contributed by atoms with Crippen LogP contribution >= 0.6 is 0 Å². The van der Waals surface area contributed by atoms with Gasteiger partial charge in [-0.1, -0.05) is 20.3 Å². The summed E-state index contributed by atoms with van der Waals surface area (Å²) in [5.41, 5.74) is 2.03. The average Bonchev–Trinajstić information content (AvgIpc) is 3.52. The van der Waals surface area contributed by atoms with Gasteiger partial charge in [0.2, 0.25) is 0 Å². The molecule has 29 heavy (non-hydrogen) atoms. The highest BCUT2D eigenvalue weighted by molar-refractivity contribution is 4.98. The molecule has 0 radical (unpaired) electrons. The molecule has 3 nitrogen and oxygen atoms in total. The average molecular weight is 404 g/mol. The van der Waals surface area contributed by atoms with Crippen molar-refractivity contribution in [1.82, 2.24) is 14.7 Å². The molecule has 0 aromatic rings. The van der Waals surface area contributed by atoms with Gasteiger partial charge in [-0.15, -0.1) is 0 Å². The Hall–Kier alpha value is -0.120. The molecular weight excluding hydrogens is 354 g/mol. The third-order valence-corrected chi connectivity index (χ3v) is 10.2. The molecule has 0 aromatic carbocycles. The molecule has 0 aromatic heterocycles. The number of nitrogens with zero attached hydrogens (tertiary/aromatic N) is 3. The van der Waals surface area contributed by atoms with Gasteiger partial charge in [-0.3, -0.25) is 0 Å². The predicted octanol–water partition coefficient (Wildman–Crippen LogP) is 5.26. The minimum absolute atomic E-state index is 0.616. The predicted molar refractivity (Wildman–Crippen MR) is 124 cm³/mol. The fourth-order valence-electron chi connectivity index (χ4n) is 6.95. The first-order valence-electron chi connectivity index (χ1n) is 13.1. The molecule has 1 saturated carbocycles. The van der Waals surface area contributed by atoms with Crippen molar-refractivity contribution < 1.29 is 0 Å². The van der Waals surface area contributed by atoms with Crippen LogP contribution in [0.3, 0.4) is 0 Å². The van der Waals surface area contributed by atoms with E-state index in [4.69, 9.17) is 0 Å². The van der Waals surface area contributed by atoms with Gasteiger partial charge in [0.1, 0.15) is 0 Å². The van der Waals surface area contributed by atoms with Gasteiger partial charge in [-0.2, -0.15) is 0 Å². The van der Waals surface area contributed by atoms with E-state index in [9.17, 15) is 0 Å². The van der Waals surface area contributed by atoms with Gasteiger partial charge < -0.3 is 14.7 Å². The largest absolute Gasteiger partial charge is 0.306 e. The van der Waals surface area contributed by atoms with Crippen molar-refractivity contribution in [2.24, 2.45) is 16.2 Å². The molecule has 0 amide bonds. The molecule has 1 unspecified atom stereocenters. The molecule has 168 valence electrons. The van der Waals surface area contributed by atoms with Crippen molar-refractivity contribution in [3.8, 4) is 0 Å². The smallest absolute Gasteiger partial charge is 0.00722 e. The molecule has 3 heterocycles. The van der Waals surface area contributed by atoms with Crippen molar-refractivity contribution in [3.63, 3.8) is 0 Å². The van der Waals surface area contributed by atoms with Crippen LogP contribution in [0.25, 0.3) is 0 Å². The highest BCUT2D eigenvalue weighted by Gasteiger charge is 2.45. The summed E-state index contributed by atoms with van der Waals surface area (Å²) in [7, 11) is 2.30. The second-order valence-corrected chi connectivity index (χ2v) is 11.9. The van der Waals surface area contributed by atoms with Gasteiger partial charge >= 0.3 is 0 Å². The van der Waals surface area contributed by atoms with Crippen LogP contribution in [0.1, 0.15) is 91.4 Å². The maximum atomic E-state index is 2.86. The zero-order valence-corrected chi connectivity index (χ0v) is 20.1. The maximum Gasteiger partial charge on any atom is 0.00722 e. The number of likely N-dealkylation sites (tertiary alicyclic amines) is 3. The third kappa shape index (κ3) is 5.04. The van der Waals surface area contributed by atoms with E-state index in [1.165, 1.54) is 116 Å². The van der Waals surface area contributed by atoms with Crippen LogP contribution in [0, 0.1) is 16.2 Å². The lowest BCUT2D eigenvalue weighted by Crippen LogP contribution is -2.50. The van der Waals surface area contributed by atoms with Gasteiger partial charge in [0.25, 0.3) is 0 Å². The van der Waals surface area contributed by atoms with Crippen molar-refractivity contribution in [1.29, 1.82) is 0 Å². The first-order chi connectivity index (χ1) is 13.9. The van der Waals surface area contributed by atoms with Crippen molar-refractivity contribution >= 4 is 0 Å². The fraction of sp³-hybridized carbons (Fsp3) is 1.00. The first kappa shape index (κ1) is 22.1. The summed E-state index contributed by atoms with van der Waals surface area (Å²) in [6.07, 6.45) is 15.9. The van der Waals surface area contributed by atoms with Crippen LogP contribution < -0.4 is 0 Å². The molecular formula is C26H49N3. The Morgan fingerprint density at radius 3 is 1.76 bits per heavy atom. The van der Waals surface area contributed by atoms with Crippen LogP contribution in [-0.4, -0.2) is 73.6 Å². The Kier molecular flexibility index (Phi) is 6.69. The normalized spacial score (nSPS) is 31.0. The molecule has 1 spiro atoms. The summed E-state index contributed by atoms with van der Waals surface area (Å²) in [6.45, 7) is 16.9. The van der Waals surface area contributed by atoms with Crippen LogP contribution in [0.15, 0.2) is 0 Å². The van der Waals surface area contributed by atoms with Crippen molar-refractivity contribution in [2.75, 3.05) is 52.9 Å². The maximum absolute atomic E-state index is 2.86. The zero-order chi connectivity index (χ0) is 20.5. The minimum atomic E-state index is 0.616. The number of piperidine rings is 3. The van der Waals surface area contributed by atoms with Gasteiger partial charge in [0, 0.05) is 12.6 Å². The van der Waals surface area contributed by atoms with Crippen molar-refractivity contribution in [2.45, 2.75) is 97.4 Å². The van der Waals surface area contributed by atoms with E-state index in [0.717, 1.165) is 11.5 Å². The standard InChI is InChI=1S/C26H49N3/c1-5-24(9-15-27(4)16-10-24)21-23(3)29-19-13-26(14-20-29)11-17-28(18-12-26)22-25(6-2)7-8-25/h23H,5-22H2,1-4H3. The SMILES string of the molecule is CCC1(CC(C)N2CCC3(CCN(CC4(CC)CC4)CC3)CC2)CCN(C)CC1. The Balaban J connectivity index is 1.23. The Labute approximate surface area is 181 Å². The van der Waals surface area contributed by atoms with Gasteiger partial charge in [-0.05, 0) is 134 Å². The monoisotopic (exact) mass is 403 g/mol. The summed E-state index contributed by atoms with van der Waals surface area (Å²) in [4.78, 5) is 8.21. The second kappa shape index (κ2) is 8.79. The van der Waals surface area contributed by atoms with Crippen LogP contribution in [-0.2, 0) is 0 Å². The summed E-state index contributed by atoms with van der Waals surface area (Å²) in [5, 5.41) is 0. The molecule has 3 aliphatic heterocycles. The van der Waals surface area contributed by atoms with Crippen LogP contribution in [0.5, 0.6) is 0 Å². The Bertz CT molecular complexity index is 514. The number of rotatable bonds is 7. The van der Waals surface area contributed by atoms with Gasteiger partial charge in [0.05, 0.1) is 0 Å². The molecule has 0 N–H and O–H groups in total. The lowest BCUT2D eigenvalue weighted by molar-refractivity contribution is 0.00208. The first-order valence-corrected chi connectivity index (χ1v) is 13.1. The Morgan fingerprint density at radius 2 is 1.24 bits per heavy atom. The van der Waals surface area contributed by atoms with E-state index in [-0.39, 0.29) is 0 Å². The van der Waals surface area contributed by atoms with E-state index in [0.29, 0.717) is 10.8 Å². The topological polar surface area (TPSA) is 9.72 Å². The highest BCUT2D eigenvalue weighted by Crippen LogP contribution is 2.50. The molecule has 1 aliphatic carbocycles. The van der Waals surface area contributed by atoms with E-state index in [1.807, 2.05) is 0 Å². The lowest BCUT2D eigenvalue weighted by atomic mass is 9.69. The summed E-state index contributed by atoms with van der Waals surface area (Å²) >= 11 is 0. The van der Waals surface area contributed by atoms with Crippen LogP contribution in [0.2, 0.25) is 0 Å². The zero-order valence-electron chi connectivity index (χ0n) is 20.1. The molecule has 0 bridgehead atoms. The molecule has 4 aliphatic rings. The van der Waals surface area contributed by atoms with Crippen molar-refractivity contribution in [3.05, 3.63) is 0 Å². The summed E-state index contributed by atoms with van der Waals surface area (Å²) in [5.74, 6) is 0. The lowest BCUT2D eigenvalue weighted by Gasteiger charge is -2.50. The fourth-order valence-corrected chi connectivity index (χ4v) is 6.95. The molecule has 4 fully saturated rings. The molecule has 1 atom stereocenters. The minimum Gasteiger partial charge on any atom is -0.306 e. The van der Waals surface area contributed by atoms with Gasteiger partial charge in [0.15, 0.2) is 0 Å². The molecule has 3 heteroatoms. The van der Waals surface area contributed by atoms with Crippen LogP contribution in [0.4, 0.5) is 0 Å². The van der Waals surface area contributed by atoms with E-state index < -0.39 is 0 Å². The van der Waals surface area contributed by atoms with E-state index in [1.54, 1.807) is 0 Å². The summed E-state index contributed by atoms with van der Waals surface area (Å²) in [6, 6.07) is 0.773. The quantitative estimate of drug-likeness (QED) is 0.574. The molecule has 3 saturated heterocycles. The Morgan fingerprint density at radius 1 is 0.690 bits per heavy atom. The molecule has 4 rings (SSSR count). The third-order valence-electron chi connectivity index (χ3n) is 10.2. The van der Waals surface area contributed by atoms with Gasteiger partial charge in [-0.25, -0.2) is 0 Å². The second-order valence-electron chi connectivity index (χ2n) is 11.9. The highest BCUT2D eigenvalue weighted by atomic mass is 15.2. The van der Waals surface area contributed by atoms with E-state index >= 15 is 0 Å². The van der Waals surface area contributed by atoms with E-state index in [2.05, 4.69) is 42.5 Å². The number of hydrogen-bond acceptors (Lipinski definition) is 3. The summed E-state index contributed by atoms with van der Waals surface area (Å²) < 4.78 is 0.